The normalized spacial score (nSPS) is 27.2. The number of carbonyl (C=O) groups excluding carboxylic acids is 3. The summed E-state index contributed by atoms with van der Waals surface area (Å²) in [4.78, 5) is 49.1. The highest BCUT2D eigenvalue weighted by atomic mass is 32.2. The van der Waals surface area contributed by atoms with E-state index in [-0.39, 0.29) is 5.56 Å². The highest BCUT2D eigenvalue weighted by molar-refractivity contribution is 8.01. The predicted octanol–water partition coefficient (Wildman–Crippen LogP) is 0.501. The van der Waals surface area contributed by atoms with E-state index in [1.54, 1.807) is 32.0 Å². The molecule has 1 aromatic rings. The summed E-state index contributed by atoms with van der Waals surface area (Å²) in [7, 11) is 0. The number of Topliss-reactive ketones (excluding diaryl/α,β-unsaturated/α-hetero) is 1. The molecule has 2 aliphatic rings. The van der Waals surface area contributed by atoms with Crippen molar-refractivity contribution in [3.8, 4) is 0 Å². The first-order valence-corrected chi connectivity index (χ1v) is 8.25. The van der Waals surface area contributed by atoms with Gasteiger partial charge in [-0.1, -0.05) is 30.3 Å². The van der Waals surface area contributed by atoms with E-state index >= 15 is 0 Å². The van der Waals surface area contributed by atoms with Crippen molar-refractivity contribution in [3.63, 3.8) is 0 Å². The molecule has 2 amide bonds. The number of nitrogens with zero attached hydrogens (tertiary/aromatic N) is 1. The van der Waals surface area contributed by atoms with Crippen LogP contribution in [0.15, 0.2) is 30.3 Å². The lowest BCUT2D eigenvalue weighted by atomic mass is 9.96. The van der Waals surface area contributed by atoms with Crippen molar-refractivity contribution >= 4 is 35.3 Å². The van der Waals surface area contributed by atoms with Gasteiger partial charge in [0.15, 0.2) is 0 Å². The molecule has 0 radical (unpaired) electrons. The molecule has 0 saturated carbocycles. The summed E-state index contributed by atoms with van der Waals surface area (Å²) in [6.07, 6.45) is 0. The van der Waals surface area contributed by atoms with Gasteiger partial charge in [-0.2, -0.15) is 0 Å². The zero-order valence-electron chi connectivity index (χ0n) is 13.1. The quantitative estimate of drug-likeness (QED) is 0.467. The molecule has 0 unspecified atom stereocenters. The van der Waals surface area contributed by atoms with Crippen LogP contribution in [0.5, 0.6) is 0 Å². The summed E-state index contributed by atoms with van der Waals surface area (Å²) in [6, 6.07) is 6.23. The smallest absolute Gasteiger partial charge is 0.327 e. The van der Waals surface area contributed by atoms with Crippen LogP contribution in [0.2, 0.25) is 0 Å². The molecular formula is C16H16N2O5S. The molecule has 3 atom stereocenters. The first-order chi connectivity index (χ1) is 11.2. The molecule has 2 aliphatic heterocycles. The van der Waals surface area contributed by atoms with Crippen LogP contribution in [0.3, 0.4) is 0 Å². The molecule has 0 aromatic heterocycles. The number of ketones is 1. The number of nitrogens with one attached hydrogen (secondary N) is 1. The lowest BCUT2D eigenvalue weighted by molar-refractivity contribution is -0.160. The van der Waals surface area contributed by atoms with Crippen molar-refractivity contribution in [2.24, 2.45) is 0 Å². The topological polar surface area (TPSA) is 104 Å². The van der Waals surface area contributed by atoms with Crippen LogP contribution in [0.25, 0.3) is 0 Å². The summed E-state index contributed by atoms with van der Waals surface area (Å²) >= 11 is 1.31. The Balaban J connectivity index is 1.72. The summed E-state index contributed by atoms with van der Waals surface area (Å²) in [5.74, 6) is -3.14. The van der Waals surface area contributed by atoms with Crippen LogP contribution < -0.4 is 5.32 Å². The van der Waals surface area contributed by atoms with E-state index in [9.17, 15) is 24.3 Å². The Morgan fingerprint density at radius 2 is 1.83 bits per heavy atom. The molecule has 2 saturated heterocycles. The van der Waals surface area contributed by atoms with E-state index in [2.05, 4.69) is 5.32 Å². The Kier molecular flexibility index (Phi) is 3.87. The van der Waals surface area contributed by atoms with Gasteiger partial charge in [0.2, 0.25) is 11.7 Å². The van der Waals surface area contributed by atoms with E-state index in [1.165, 1.54) is 28.8 Å². The third kappa shape index (κ3) is 2.47. The maximum atomic E-state index is 12.3. The van der Waals surface area contributed by atoms with Gasteiger partial charge in [-0.3, -0.25) is 14.4 Å². The summed E-state index contributed by atoms with van der Waals surface area (Å²) in [6.45, 7) is 3.49. The standard InChI is InChI=1S/C16H16N2O5S/c1-16(2)11(15(22)23)18-13(21)9(14(18)24-16)17-12(20)10(19)8-6-4-3-5-7-8/h3-7,9,11,14H,1-2H3,(H,17,20)(H,22,23)/t9-,11+,14-/m1/s1. The second-order valence-electron chi connectivity index (χ2n) is 6.24. The molecule has 126 valence electrons. The van der Waals surface area contributed by atoms with Gasteiger partial charge in [0, 0.05) is 10.3 Å². The van der Waals surface area contributed by atoms with Crippen molar-refractivity contribution in [1.82, 2.24) is 10.2 Å². The van der Waals surface area contributed by atoms with Gasteiger partial charge in [-0.05, 0) is 13.8 Å². The molecule has 2 fully saturated rings. The minimum Gasteiger partial charge on any atom is -0.480 e. The minimum absolute atomic E-state index is 0.237. The number of hydrogen-bond donors (Lipinski definition) is 2. The van der Waals surface area contributed by atoms with Crippen molar-refractivity contribution in [1.29, 1.82) is 0 Å². The number of thioether (sulfide) groups is 1. The second-order valence-corrected chi connectivity index (χ2v) is 8.02. The number of carbonyl (C=O) groups is 4. The molecule has 1 aromatic carbocycles. The highest BCUT2D eigenvalue weighted by Gasteiger charge is 2.64. The molecule has 0 aliphatic carbocycles. The third-order valence-electron chi connectivity index (χ3n) is 4.20. The number of benzene rings is 1. The van der Waals surface area contributed by atoms with Gasteiger partial charge >= 0.3 is 5.97 Å². The average Bonchev–Trinajstić information content (AvgIpc) is 2.80. The van der Waals surface area contributed by atoms with Crippen LogP contribution in [0, 0.1) is 0 Å². The fourth-order valence-electron chi connectivity index (χ4n) is 3.07. The number of rotatable bonds is 4. The molecule has 24 heavy (non-hydrogen) atoms. The molecule has 2 N–H and O–H groups in total. The fourth-order valence-corrected chi connectivity index (χ4v) is 4.70. The predicted molar refractivity (Wildman–Crippen MR) is 86.4 cm³/mol. The molecule has 0 bridgehead atoms. The summed E-state index contributed by atoms with van der Waals surface area (Å²) < 4.78 is -0.672. The van der Waals surface area contributed by atoms with Crippen molar-refractivity contribution < 1.29 is 24.3 Å². The molecular weight excluding hydrogens is 332 g/mol. The van der Waals surface area contributed by atoms with Crippen molar-refractivity contribution in [2.75, 3.05) is 0 Å². The van der Waals surface area contributed by atoms with Crippen LogP contribution in [0.4, 0.5) is 0 Å². The molecule has 0 spiro atoms. The zero-order chi connectivity index (χ0) is 17.6. The lowest BCUT2D eigenvalue weighted by Gasteiger charge is -2.43. The second kappa shape index (κ2) is 5.62. The Bertz CT molecular complexity index is 733. The van der Waals surface area contributed by atoms with Gasteiger partial charge in [0.1, 0.15) is 17.5 Å². The number of aliphatic carboxylic acids is 1. The monoisotopic (exact) mass is 348 g/mol. The summed E-state index contributed by atoms with van der Waals surface area (Å²) in [5, 5.41) is 11.3. The van der Waals surface area contributed by atoms with Crippen molar-refractivity contribution in [2.45, 2.75) is 36.1 Å². The van der Waals surface area contributed by atoms with E-state index < -0.39 is 45.8 Å². The van der Waals surface area contributed by atoms with Crippen molar-refractivity contribution in [3.05, 3.63) is 35.9 Å². The van der Waals surface area contributed by atoms with Gasteiger partial charge < -0.3 is 15.3 Å². The summed E-state index contributed by atoms with van der Waals surface area (Å²) in [5.41, 5.74) is 0.237. The van der Waals surface area contributed by atoms with Gasteiger partial charge in [-0.25, -0.2) is 4.79 Å². The number of amides is 2. The highest BCUT2D eigenvalue weighted by Crippen LogP contribution is 2.50. The first-order valence-electron chi connectivity index (χ1n) is 7.37. The van der Waals surface area contributed by atoms with Gasteiger partial charge in [0.05, 0.1) is 0 Å². The Labute approximate surface area is 142 Å². The van der Waals surface area contributed by atoms with Crippen LogP contribution in [0.1, 0.15) is 24.2 Å². The number of β-lactam (4-membered cyclic amide) rings is 1. The fraction of sp³-hybridized carbons (Fsp3) is 0.375. The first kappa shape index (κ1) is 16.5. The molecule has 2 heterocycles. The van der Waals surface area contributed by atoms with Crippen LogP contribution in [-0.4, -0.2) is 55.8 Å². The van der Waals surface area contributed by atoms with Gasteiger partial charge in [-0.15, -0.1) is 11.8 Å². The number of carboxylic acid groups (broad SMARTS) is 1. The SMILES string of the molecule is CC1(C)S[C@@H]2[C@H](NC(=O)C(=O)c3ccccc3)C(=O)N2[C@H]1C(=O)O. The van der Waals surface area contributed by atoms with Crippen LogP contribution >= 0.6 is 11.8 Å². The van der Waals surface area contributed by atoms with Crippen LogP contribution in [-0.2, 0) is 14.4 Å². The molecule has 8 heteroatoms. The average molecular weight is 348 g/mol. The Morgan fingerprint density at radius 1 is 1.21 bits per heavy atom. The van der Waals surface area contributed by atoms with Gasteiger partial charge in [0.25, 0.3) is 5.91 Å². The Morgan fingerprint density at radius 3 is 2.42 bits per heavy atom. The van der Waals surface area contributed by atoms with E-state index in [1.807, 2.05) is 0 Å². The largest absolute Gasteiger partial charge is 0.480 e. The number of fused-ring (bicyclic) bond motifs is 1. The number of hydrogen-bond acceptors (Lipinski definition) is 5. The molecule has 7 nitrogen and oxygen atoms in total. The third-order valence-corrected chi connectivity index (χ3v) is 5.78. The van der Waals surface area contributed by atoms with E-state index in [4.69, 9.17) is 0 Å². The zero-order valence-corrected chi connectivity index (χ0v) is 13.9. The molecule has 3 rings (SSSR count). The van der Waals surface area contributed by atoms with E-state index in [0.717, 1.165) is 0 Å². The number of carboxylic acids is 1. The maximum Gasteiger partial charge on any atom is 0.327 e. The Hall–Kier alpha value is -2.35. The van der Waals surface area contributed by atoms with E-state index in [0.29, 0.717) is 0 Å². The lowest BCUT2D eigenvalue weighted by Crippen LogP contribution is -2.71. The maximum absolute atomic E-state index is 12.3. The minimum atomic E-state index is -1.08.